The number of nitrogens with one attached hydrogen (secondary N) is 1. The number of rotatable bonds is 3. The molecule has 0 radical (unpaired) electrons. The van der Waals surface area contributed by atoms with E-state index in [1.165, 1.54) is 29.7 Å². The smallest absolute Gasteiger partial charge is 0.335 e. The summed E-state index contributed by atoms with van der Waals surface area (Å²) in [6.07, 6.45) is 1.48. The van der Waals surface area contributed by atoms with Crippen molar-refractivity contribution in [3.8, 4) is 0 Å². The van der Waals surface area contributed by atoms with Gasteiger partial charge in [0.2, 0.25) is 0 Å². The minimum absolute atomic E-state index is 0.181. The van der Waals surface area contributed by atoms with E-state index >= 15 is 0 Å². The van der Waals surface area contributed by atoms with Gasteiger partial charge in [-0.05, 0) is 24.3 Å². The Labute approximate surface area is 101 Å². The van der Waals surface area contributed by atoms with Crippen LogP contribution in [-0.4, -0.2) is 22.0 Å². The normalized spacial score (nSPS) is 9.88. The molecule has 1 aromatic carbocycles. The van der Waals surface area contributed by atoms with Crippen molar-refractivity contribution in [2.24, 2.45) is 0 Å². The molecule has 86 valence electrons. The van der Waals surface area contributed by atoms with Crippen LogP contribution >= 0.6 is 11.3 Å². The van der Waals surface area contributed by atoms with Crippen LogP contribution in [0.15, 0.2) is 36.0 Å². The Hall–Kier alpha value is -2.21. The maximum Gasteiger partial charge on any atom is 0.335 e. The van der Waals surface area contributed by atoms with E-state index in [1.807, 2.05) is 0 Å². The fourth-order valence-electron chi connectivity index (χ4n) is 1.22. The maximum absolute atomic E-state index is 11.6. The molecule has 0 saturated carbocycles. The van der Waals surface area contributed by atoms with Crippen LogP contribution in [0, 0.1) is 0 Å². The molecule has 0 aliphatic carbocycles. The van der Waals surface area contributed by atoms with Gasteiger partial charge in [-0.25, -0.2) is 4.79 Å². The summed E-state index contributed by atoms with van der Waals surface area (Å²) in [5.41, 5.74) is 2.30. The lowest BCUT2D eigenvalue weighted by molar-refractivity contribution is 0.0696. The number of hydrogen-bond acceptors (Lipinski definition) is 4. The van der Waals surface area contributed by atoms with Gasteiger partial charge in [-0.3, -0.25) is 9.78 Å². The first-order chi connectivity index (χ1) is 8.16. The third-order valence-electron chi connectivity index (χ3n) is 2.05. The van der Waals surface area contributed by atoms with Gasteiger partial charge < -0.3 is 10.4 Å². The van der Waals surface area contributed by atoms with Gasteiger partial charge in [0.1, 0.15) is 4.88 Å². The highest BCUT2D eigenvalue weighted by Gasteiger charge is 2.08. The van der Waals surface area contributed by atoms with Gasteiger partial charge in [0, 0.05) is 5.69 Å². The molecule has 2 N–H and O–H groups in total. The summed E-state index contributed by atoms with van der Waals surface area (Å²) in [6.45, 7) is 0. The average molecular weight is 248 g/mol. The Morgan fingerprint density at radius 1 is 1.24 bits per heavy atom. The number of amides is 1. The first-order valence-corrected chi connectivity index (χ1v) is 5.58. The molecule has 0 unspecified atom stereocenters. The van der Waals surface area contributed by atoms with E-state index in [1.54, 1.807) is 17.6 Å². The summed E-state index contributed by atoms with van der Waals surface area (Å²) in [6, 6.07) is 5.96. The molecule has 0 fully saturated rings. The molecule has 0 aliphatic rings. The highest BCUT2D eigenvalue weighted by molar-refractivity contribution is 7.11. The van der Waals surface area contributed by atoms with E-state index in [4.69, 9.17) is 5.11 Å². The van der Waals surface area contributed by atoms with Crippen LogP contribution < -0.4 is 5.32 Å². The molecular weight excluding hydrogens is 240 g/mol. The number of hydrogen-bond donors (Lipinski definition) is 2. The van der Waals surface area contributed by atoms with Crippen molar-refractivity contribution in [3.63, 3.8) is 0 Å². The first kappa shape index (κ1) is 11.3. The molecule has 0 spiro atoms. The molecule has 0 atom stereocenters. The summed E-state index contributed by atoms with van der Waals surface area (Å²) in [7, 11) is 0. The number of thiazole rings is 1. The fourth-order valence-corrected chi connectivity index (χ4v) is 1.73. The number of aromatic nitrogens is 1. The molecule has 1 heterocycles. The largest absolute Gasteiger partial charge is 0.478 e. The molecule has 2 rings (SSSR count). The maximum atomic E-state index is 11.6. The second-order valence-electron chi connectivity index (χ2n) is 3.20. The SMILES string of the molecule is O=C(O)c1ccc(NC(=O)c2cncs2)cc1. The molecule has 0 aliphatic heterocycles. The predicted octanol–water partition coefficient (Wildman–Crippen LogP) is 2.09. The molecule has 0 bridgehead atoms. The van der Waals surface area contributed by atoms with Gasteiger partial charge in [-0.2, -0.15) is 0 Å². The summed E-state index contributed by atoms with van der Waals surface area (Å²) < 4.78 is 0. The van der Waals surface area contributed by atoms with Crippen molar-refractivity contribution >= 4 is 28.9 Å². The number of nitrogens with zero attached hydrogens (tertiary/aromatic N) is 1. The zero-order valence-corrected chi connectivity index (χ0v) is 9.40. The van der Waals surface area contributed by atoms with E-state index in [-0.39, 0.29) is 11.5 Å². The standard InChI is InChI=1S/C11H8N2O3S/c14-10(9-5-12-6-17-9)13-8-3-1-7(2-4-8)11(15)16/h1-6H,(H,13,14)(H,15,16). The van der Waals surface area contributed by atoms with Crippen molar-refractivity contribution in [1.82, 2.24) is 4.98 Å². The molecular formula is C11H8N2O3S. The van der Waals surface area contributed by atoms with Gasteiger partial charge >= 0.3 is 5.97 Å². The van der Waals surface area contributed by atoms with Crippen LogP contribution in [0.4, 0.5) is 5.69 Å². The second-order valence-corrected chi connectivity index (χ2v) is 4.09. The van der Waals surface area contributed by atoms with Gasteiger partial charge in [0.05, 0.1) is 17.3 Å². The lowest BCUT2D eigenvalue weighted by atomic mass is 10.2. The molecule has 1 amide bonds. The van der Waals surface area contributed by atoms with E-state index in [9.17, 15) is 9.59 Å². The van der Waals surface area contributed by atoms with Crippen molar-refractivity contribution in [3.05, 3.63) is 46.4 Å². The number of anilines is 1. The van der Waals surface area contributed by atoms with Crippen molar-refractivity contribution < 1.29 is 14.7 Å². The first-order valence-electron chi connectivity index (χ1n) is 4.70. The van der Waals surface area contributed by atoms with Crippen LogP contribution in [0.3, 0.4) is 0 Å². The third-order valence-corrected chi connectivity index (χ3v) is 2.82. The van der Waals surface area contributed by atoms with E-state index < -0.39 is 5.97 Å². The summed E-state index contributed by atoms with van der Waals surface area (Å²) in [5, 5.41) is 11.4. The Kier molecular flexibility index (Phi) is 3.15. The highest BCUT2D eigenvalue weighted by atomic mass is 32.1. The zero-order chi connectivity index (χ0) is 12.3. The Bertz CT molecular complexity index is 534. The lowest BCUT2D eigenvalue weighted by Gasteiger charge is -2.03. The van der Waals surface area contributed by atoms with Crippen LogP contribution in [0.2, 0.25) is 0 Å². The average Bonchev–Trinajstić information content (AvgIpc) is 2.83. The fraction of sp³-hybridized carbons (Fsp3) is 0. The minimum atomic E-state index is -0.995. The minimum Gasteiger partial charge on any atom is -0.478 e. The summed E-state index contributed by atoms with van der Waals surface area (Å²) >= 11 is 1.24. The van der Waals surface area contributed by atoms with Crippen molar-refractivity contribution in [2.75, 3.05) is 5.32 Å². The number of carboxylic acid groups (broad SMARTS) is 1. The molecule has 0 saturated heterocycles. The quantitative estimate of drug-likeness (QED) is 0.871. The second kappa shape index (κ2) is 4.75. The summed E-state index contributed by atoms with van der Waals surface area (Å²) in [5.74, 6) is -1.25. The van der Waals surface area contributed by atoms with Crippen LogP contribution in [0.1, 0.15) is 20.0 Å². The Morgan fingerprint density at radius 2 is 1.94 bits per heavy atom. The third kappa shape index (κ3) is 2.67. The van der Waals surface area contributed by atoms with Crippen molar-refractivity contribution in [2.45, 2.75) is 0 Å². The van der Waals surface area contributed by atoms with Crippen LogP contribution in [0.25, 0.3) is 0 Å². The number of aromatic carboxylic acids is 1. The lowest BCUT2D eigenvalue weighted by Crippen LogP contribution is -2.10. The molecule has 5 nitrogen and oxygen atoms in total. The highest BCUT2D eigenvalue weighted by Crippen LogP contribution is 2.13. The number of carbonyl (C=O) groups excluding carboxylic acids is 1. The van der Waals surface area contributed by atoms with E-state index in [0.717, 1.165) is 0 Å². The molecule has 6 heteroatoms. The topological polar surface area (TPSA) is 79.3 Å². The predicted molar refractivity (Wildman–Crippen MR) is 63.5 cm³/mol. The van der Waals surface area contributed by atoms with Gasteiger partial charge in [-0.15, -0.1) is 11.3 Å². The number of carboxylic acids is 1. The summed E-state index contributed by atoms with van der Waals surface area (Å²) in [4.78, 5) is 26.6. The van der Waals surface area contributed by atoms with Gasteiger partial charge in [-0.1, -0.05) is 0 Å². The zero-order valence-electron chi connectivity index (χ0n) is 8.58. The molecule has 2 aromatic rings. The Morgan fingerprint density at radius 3 is 2.47 bits per heavy atom. The van der Waals surface area contributed by atoms with E-state index in [0.29, 0.717) is 10.6 Å². The number of benzene rings is 1. The van der Waals surface area contributed by atoms with Crippen LogP contribution in [0.5, 0.6) is 0 Å². The Balaban J connectivity index is 2.09. The molecule has 1 aromatic heterocycles. The van der Waals surface area contributed by atoms with Crippen molar-refractivity contribution in [1.29, 1.82) is 0 Å². The number of carbonyl (C=O) groups is 2. The van der Waals surface area contributed by atoms with E-state index in [2.05, 4.69) is 10.3 Å². The van der Waals surface area contributed by atoms with Crippen LogP contribution in [-0.2, 0) is 0 Å². The van der Waals surface area contributed by atoms with Gasteiger partial charge in [0.25, 0.3) is 5.91 Å². The van der Waals surface area contributed by atoms with Gasteiger partial charge in [0.15, 0.2) is 0 Å². The molecule has 17 heavy (non-hydrogen) atoms. The monoisotopic (exact) mass is 248 g/mol.